The molecule has 0 bridgehead atoms. The molecular formula is C19H21N5O2. The molecular weight excluding hydrogens is 330 g/mol. The Morgan fingerprint density at radius 2 is 1.81 bits per heavy atom. The van der Waals surface area contributed by atoms with Gasteiger partial charge in [0.05, 0.1) is 5.56 Å². The summed E-state index contributed by atoms with van der Waals surface area (Å²) in [6, 6.07) is 9.66. The molecule has 1 aromatic carbocycles. The number of rotatable bonds is 4. The average Bonchev–Trinajstić information content (AvgIpc) is 3.00. The fraction of sp³-hybridized carbons (Fsp3) is 0.263. The van der Waals surface area contributed by atoms with Gasteiger partial charge in [-0.3, -0.25) is 4.79 Å². The molecule has 0 aliphatic carbocycles. The highest BCUT2D eigenvalue weighted by atomic mass is 16.5. The number of benzene rings is 1. The van der Waals surface area contributed by atoms with Crippen LogP contribution in [0.25, 0.3) is 0 Å². The molecule has 0 aliphatic rings. The first-order chi connectivity index (χ1) is 12.3. The monoisotopic (exact) mass is 351 g/mol. The van der Waals surface area contributed by atoms with Crippen LogP contribution < -0.4 is 10.6 Å². The first-order valence-corrected chi connectivity index (χ1v) is 8.26. The zero-order valence-corrected chi connectivity index (χ0v) is 15.2. The van der Waals surface area contributed by atoms with Gasteiger partial charge in [-0.1, -0.05) is 44.1 Å². The van der Waals surface area contributed by atoms with Gasteiger partial charge >= 0.3 is 0 Å². The van der Waals surface area contributed by atoms with Crippen LogP contribution in [0.15, 0.2) is 47.2 Å². The number of hydrogen-bond acceptors (Lipinski definition) is 6. The number of para-hydroxylation sites is 1. The van der Waals surface area contributed by atoms with Crippen LogP contribution >= 0.6 is 0 Å². The minimum atomic E-state index is -0.347. The summed E-state index contributed by atoms with van der Waals surface area (Å²) in [6.45, 7) is 8.19. The lowest BCUT2D eigenvalue weighted by atomic mass is 9.86. The van der Waals surface area contributed by atoms with E-state index >= 15 is 0 Å². The zero-order chi connectivity index (χ0) is 18.7. The summed E-state index contributed by atoms with van der Waals surface area (Å²) in [5, 5.41) is 9.58. The summed E-state index contributed by atoms with van der Waals surface area (Å²) in [5.41, 5.74) is 2.42. The first-order valence-electron chi connectivity index (χ1n) is 8.26. The Morgan fingerprint density at radius 1 is 1.12 bits per heavy atom. The van der Waals surface area contributed by atoms with Crippen molar-refractivity contribution < 1.29 is 9.32 Å². The van der Waals surface area contributed by atoms with E-state index in [0.29, 0.717) is 23.1 Å². The maximum Gasteiger partial charge on any atom is 0.260 e. The van der Waals surface area contributed by atoms with Crippen molar-refractivity contribution in [3.8, 4) is 0 Å². The number of anilines is 3. The average molecular weight is 351 g/mol. The van der Waals surface area contributed by atoms with Crippen LogP contribution in [0.1, 0.15) is 42.5 Å². The molecule has 3 rings (SSSR count). The Hall–Kier alpha value is -3.22. The van der Waals surface area contributed by atoms with Crippen molar-refractivity contribution in [3.63, 3.8) is 0 Å². The lowest BCUT2D eigenvalue weighted by Gasteiger charge is -2.22. The fourth-order valence-electron chi connectivity index (χ4n) is 2.49. The van der Waals surface area contributed by atoms with Crippen molar-refractivity contribution in [2.45, 2.75) is 33.1 Å². The van der Waals surface area contributed by atoms with E-state index in [9.17, 15) is 4.79 Å². The lowest BCUT2D eigenvalue weighted by Crippen LogP contribution is -2.15. The van der Waals surface area contributed by atoms with Gasteiger partial charge in [0.15, 0.2) is 5.82 Å². The quantitative estimate of drug-likeness (QED) is 0.736. The van der Waals surface area contributed by atoms with Crippen molar-refractivity contribution in [2.75, 3.05) is 10.6 Å². The van der Waals surface area contributed by atoms with Crippen LogP contribution in [-0.2, 0) is 5.41 Å². The fourth-order valence-corrected chi connectivity index (χ4v) is 2.49. The number of amides is 1. The topological polar surface area (TPSA) is 92.9 Å². The van der Waals surface area contributed by atoms with Crippen molar-refractivity contribution in [1.29, 1.82) is 0 Å². The Labute approximate surface area is 151 Å². The number of nitrogens with zero attached hydrogens (tertiary/aromatic N) is 3. The summed E-state index contributed by atoms with van der Waals surface area (Å²) in [7, 11) is 0. The van der Waals surface area contributed by atoms with Crippen molar-refractivity contribution in [3.05, 3.63) is 59.6 Å². The van der Waals surface area contributed by atoms with Crippen molar-refractivity contribution >= 4 is 23.4 Å². The van der Waals surface area contributed by atoms with E-state index in [0.717, 1.165) is 11.3 Å². The van der Waals surface area contributed by atoms with Gasteiger partial charge in [-0.05, 0) is 24.0 Å². The van der Waals surface area contributed by atoms with E-state index < -0.39 is 0 Å². The van der Waals surface area contributed by atoms with Crippen molar-refractivity contribution in [2.24, 2.45) is 0 Å². The van der Waals surface area contributed by atoms with Gasteiger partial charge in [0.1, 0.15) is 5.76 Å². The molecule has 0 saturated carbocycles. The van der Waals surface area contributed by atoms with Gasteiger partial charge in [-0.25, -0.2) is 9.97 Å². The Bertz CT molecular complexity index is 910. The number of carbonyl (C=O) groups excluding carboxylic acids is 1. The van der Waals surface area contributed by atoms with E-state index in [4.69, 9.17) is 4.52 Å². The molecule has 0 radical (unpaired) electrons. The lowest BCUT2D eigenvalue weighted by molar-refractivity contribution is 0.102. The molecule has 0 aliphatic heterocycles. The van der Waals surface area contributed by atoms with E-state index in [1.54, 1.807) is 13.0 Å². The Morgan fingerprint density at radius 3 is 2.42 bits per heavy atom. The molecule has 3 aromatic rings. The highest BCUT2D eigenvalue weighted by Crippen LogP contribution is 2.30. The number of aryl methyl sites for hydroxylation is 1. The maximum absolute atomic E-state index is 12.2. The van der Waals surface area contributed by atoms with Crippen LogP contribution in [0.5, 0.6) is 0 Å². The molecule has 0 saturated heterocycles. The zero-order valence-electron chi connectivity index (χ0n) is 15.2. The SMILES string of the molecule is Cc1cc(NC(=O)c2cnc(Nc3ccccc3C(C)(C)C)nc2)no1. The van der Waals surface area contributed by atoms with E-state index in [-0.39, 0.29) is 11.3 Å². The molecule has 2 aromatic heterocycles. The van der Waals surface area contributed by atoms with E-state index in [1.807, 2.05) is 18.2 Å². The Balaban J connectivity index is 1.73. The van der Waals surface area contributed by atoms with Gasteiger partial charge in [0.25, 0.3) is 5.91 Å². The number of hydrogen-bond donors (Lipinski definition) is 2. The maximum atomic E-state index is 12.2. The number of aromatic nitrogens is 3. The molecule has 0 fully saturated rings. The van der Waals surface area contributed by atoms with Gasteiger partial charge in [0.2, 0.25) is 5.95 Å². The second-order valence-electron chi connectivity index (χ2n) is 6.99. The van der Waals surface area contributed by atoms with Crippen LogP contribution in [0.2, 0.25) is 0 Å². The second-order valence-corrected chi connectivity index (χ2v) is 6.99. The molecule has 0 unspecified atom stereocenters. The summed E-state index contributed by atoms with van der Waals surface area (Å²) < 4.78 is 4.92. The van der Waals surface area contributed by atoms with E-state index in [1.165, 1.54) is 12.4 Å². The summed E-state index contributed by atoms with van der Waals surface area (Å²) in [5.74, 6) is 1.05. The molecule has 1 amide bonds. The van der Waals surface area contributed by atoms with Crippen molar-refractivity contribution in [1.82, 2.24) is 15.1 Å². The highest BCUT2D eigenvalue weighted by molar-refractivity contribution is 6.03. The highest BCUT2D eigenvalue weighted by Gasteiger charge is 2.18. The Kier molecular flexibility index (Phi) is 4.71. The van der Waals surface area contributed by atoms with Gasteiger partial charge in [-0.15, -0.1) is 0 Å². The normalized spacial score (nSPS) is 11.2. The third-order valence-corrected chi connectivity index (χ3v) is 3.77. The largest absolute Gasteiger partial charge is 0.360 e. The third kappa shape index (κ3) is 4.05. The van der Waals surface area contributed by atoms with Crippen LogP contribution in [0, 0.1) is 6.92 Å². The molecule has 0 spiro atoms. The molecule has 2 heterocycles. The first kappa shape index (κ1) is 17.6. The number of carbonyl (C=O) groups is 1. The van der Waals surface area contributed by atoms with Gasteiger partial charge in [-0.2, -0.15) is 0 Å². The smallest absolute Gasteiger partial charge is 0.260 e. The minimum Gasteiger partial charge on any atom is -0.360 e. The minimum absolute atomic E-state index is 0.0147. The molecule has 0 atom stereocenters. The molecule has 7 heteroatoms. The molecule has 134 valence electrons. The van der Waals surface area contributed by atoms with Gasteiger partial charge < -0.3 is 15.2 Å². The standard InChI is InChI=1S/C19H21N5O2/c1-12-9-16(24-26-12)23-17(25)13-10-20-18(21-11-13)22-15-8-6-5-7-14(15)19(2,3)4/h5-11H,1-4H3,(H,20,21,22)(H,23,24,25). The third-order valence-electron chi connectivity index (χ3n) is 3.77. The molecule has 2 N–H and O–H groups in total. The summed E-state index contributed by atoms with van der Waals surface area (Å²) >= 11 is 0. The summed E-state index contributed by atoms with van der Waals surface area (Å²) in [4.78, 5) is 20.7. The van der Waals surface area contributed by atoms with E-state index in [2.05, 4.69) is 52.6 Å². The van der Waals surface area contributed by atoms with Gasteiger partial charge in [0, 0.05) is 24.1 Å². The summed E-state index contributed by atoms with van der Waals surface area (Å²) in [6.07, 6.45) is 2.94. The molecule has 7 nitrogen and oxygen atoms in total. The predicted molar refractivity (Wildman–Crippen MR) is 99.6 cm³/mol. The van der Waals surface area contributed by atoms with Crippen LogP contribution in [-0.4, -0.2) is 21.0 Å². The number of nitrogens with one attached hydrogen (secondary N) is 2. The van der Waals surface area contributed by atoms with Crippen LogP contribution in [0.4, 0.5) is 17.5 Å². The predicted octanol–water partition coefficient (Wildman–Crippen LogP) is 4.07. The van der Waals surface area contributed by atoms with Crippen LogP contribution in [0.3, 0.4) is 0 Å². The second kappa shape index (κ2) is 6.95. The molecule has 26 heavy (non-hydrogen) atoms.